The third-order valence-electron chi connectivity index (χ3n) is 4.71. The monoisotopic (exact) mass is 349 g/mol. The summed E-state index contributed by atoms with van der Waals surface area (Å²) in [5.41, 5.74) is 1.03. The van der Waals surface area contributed by atoms with Crippen molar-refractivity contribution >= 4 is 11.9 Å². The SMILES string of the molecule is COc1ccc(CCC(=O)N2CCCC(CCC(=O)O)C2)cc1OC. The van der Waals surface area contributed by atoms with Crippen molar-refractivity contribution < 1.29 is 24.2 Å². The molecule has 6 heteroatoms. The number of carboxylic acid groups (broad SMARTS) is 1. The normalized spacial score (nSPS) is 17.2. The van der Waals surface area contributed by atoms with Crippen LogP contribution in [0.25, 0.3) is 0 Å². The van der Waals surface area contributed by atoms with Gasteiger partial charge < -0.3 is 19.5 Å². The summed E-state index contributed by atoms with van der Waals surface area (Å²) in [5.74, 6) is 1.01. The number of aliphatic carboxylic acids is 1. The zero-order valence-corrected chi connectivity index (χ0v) is 15.0. The van der Waals surface area contributed by atoms with E-state index in [2.05, 4.69) is 0 Å². The van der Waals surface area contributed by atoms with Crippen LogP contribution >= 0.6 is 0 Å². The van der Waals surface area contributed by atoms with Gasteiger partial charge in [-0.2, -0.15) is 0 Å². The van der Waals surface area contributed by atoms with Crippen molar-refractivity contribution in [1.82, 2.24) is 4.90 Å². The summed E-state index contributed by atoms with van der Waals surface area (Å²) < 4.78 is 10.5. The van der Waals surface area contributed by atoms with Gasteiger partial charge in [0, 0.05) is 25.9 Å². The Hall–Kier alpha value is -2.24. The van der Waals surface area contributed by atoms with Gasteiger partial charge in [-0.3, -0.25) is 9.59 Å². The molecule has 6 nitrogen and oxygen atoms in total. The molecular weight excluding hydrogens is 322 g/mol. The van der Waals surface area contributed by atoms with E-state index in [-0.39, 0.29) is 12.3 Å². The second kappa shape index (κ2) is 9.30. The maximum Gasteiger partial charge on any atom is 0.303 e. The number of rotatable bonds is 8. The Balaban J connectivity index is 1.86. The molecule has 1 unspecified atom stereocenters. The number of piperidine rings is 1. The van der Waals surface area contributed by atoms with Crippen LogP contribution in [0.15, 0.2) is 18.2 Å². The highest BCUT2D eigenvalue weighted by Crippen LogP contribution is 2.28. The Morgan fingerprint density at radius 2 is 1.96 bits per heavy atom. The van der Waals surface area contributed by atoms with E-state index in [0.717, 1.165) is 24.9 Å². The Morgan fingerprint density at radius 1 is 1.20 bits per heavy atom. The van der Waals surface area contributed by atoms with Crippen molar-refractivity contribution in [3.05, 3.63) is 23.8 Å². The summed E-state index contributed by atoms with van der Waals surface area (Å²) in [6.07, 6.45) is 3.88. The van der Waals surface area contributed by atoms with Crippen molar-refractivity contribution in [2.45, 2.75) is 38.5 Å². The standard InChI is InChI=1S/C19H27NO5/c1-24-16-8-5-14(12-17(16)25-2)6-9-18(21)20-11-3-4-15(13-20)7-10-19(22)23/h5,8,12,15H,3-4,6-7,9-11,13H2,1-2H3,(H,22,23). The molecule has 1 fully saturated rings. The van der Waals surface area contributed by atoms with Crippen LogP contribution < -0.4 is 9.47 Å². The summed E-state index contributed by atoms with van der Waals surface area (Å²) in [6.45, 7) is 1.45. The van der Waals surface area contributed by atoms with Crippen LogP contribution in [0, 0.1) is 5.92 Å². The molecule has 0 aliphatic carbocycles. The van der Waals surface area contributed by atoms with E-state index < -0.39 is 5.97 Å². The molecule has 1 N–H and O–H groups in total. The molecule has 2 rings (SSSR count). The molecule has 0 saturated carbocycles. The molecule has 1 saturated heterocycles. The number of methoxy groups -OCH3 is 2. The molecule has 1 aromatic rings. The minimum Gasteiger partial charge on any atom is -0.493 e. The number of carboxylic acids is 1. The predicted octanol–water partition coefficient (Wildman–Crippen LogP) is 2.74. The summed E-state index contributed by atoms with van der Waals surface area (Å²) in [5, 5.41) is 8.81. The van der Waals surface area contributed by atoms with E-state index in [9.17, 15) is 9.59 Å². The number of carbonyl (C=O) groups excluding carboxylic acids is 1. The van der Waals surface area contributed by atoms with E-state index in [1.165, 1.54) is 0 Å². The molecule has 1 aliphatic rings. The number of hydrogen-bond donors (Lipinski definition) is 1. The number of aryl methyl sites for hydroxylation is 1. The lowest BCUT2D eigenvalue weighted by Gasteiger charge is -2.32. The average molecular weight is 349 g/mol. The van der Waals surface area contributed by atoms with Crippen LogP contribution in [0.4, 0.5) is 0 Å². The highest BCUT2D eigenvalue weighted by molar-refractivity contribution is 5.76. The van der Waals surface area contributed by atoms with Crippen molar-refractivity contribution in [1.29, 1.82) is 0 Å². The molecule has 0 bridgehead atoms. The van der Waals surface area contributed by atoms with Gasteiger partial charge in [0.1, 0.15) is 0 Å². The number of benzene rings is 1. The molecule has 1 atom stereocenters. The third kappa shape index (κ3) is 5.66. The Labute approximate surface area is 148 Å². The zero-order valence-electron chi connectivity index (χ0n) is 15.0. The van der Waals surface area contributed by atoms with Gasteiger partial charge in [0.2, 0.25) is 5.91 Å². The van der Waals surface area contributed by atoms with E-state index >= 15 is 0 Å². The van der Waals surface area contributed by atoms with Crippen molar-refractivity contribution in [2.24, 2.45) is 5.92 Å². The fourth-order valence-corrected chi connectivity index (χ4v) is 3.30. The van der Waals surface area contributed by atoms with E-state index in [0.29, 0.717) is 43.2 Å². The van der Waals surface area contributed by atoms with Crippen molar-refractivity contribution in [3.8, 4) is 11.5 Å². The number of ether oxygens (including phenoxy) is 2. The first kappa shape index (κ1) is 19.1. The molecule has 25 heavy (non-hydrogen) atoms. The third-order valence-corrected chi connectivity index (χ3v) is 4.71. The summed E-state index contributed by atoms with van der Waals surface area (Å²) in [6, 6.07) is 5.69. The lowest BCUT2D eigenvalue weighted by atomic mass is 9.93. The first-order valence-electron chi connectivity index (χ1n) is 8.74. The molecule has 1 heterocycles. The van der Waals surface area contributed by atoms with Gasteiger partial charge in [0.25, 0.3) is 0 Å². The van der Waals surface area contributed by atoms with E-state index in [1.807, 2.05) is 23.1 Å². The Bertz CT molecular complexity index is 601. The topological polar surface area (TPSA) is 76.1 Å². The quantitative estimate of drug-likeness (QED) is 0.781. The molecule has 0 spiro atoms. The van der Waals surface area contributed by atoms with Gasteiger partial charge in [-0.1, -0.05) is 6.07 Å². The summed E-state index contributed by atoms with van der Waals surface area (Å²) in [4.78, 5) is 25.1. The Morgan fingerprint density at radius 3 is 2.64 bits per heavy atom. The van der Waals surface area contributed by atoms with E-state index in [1.54, 1.807) is 14.2 Å². The van der Waals surface area contributed by atoms with Gasteiger partial charge in [-0.15, -0.1) is 0 Å². The second-order valence-electron chi connectivity index (χ2n) is 6.47. The lowest BCUT2D eigenvalue weighted by molar-refractivity contribution is -0.137. The number of likely N-dealkylation sites (tertiary alicyclic amines) is 1. The van der Waals surface area contributed by atoms with Crippen LogP contribution in [-0.2, 0) is 16.0 Å². The smallest absolute Gasteiger partial charge is 0.303 e. The van der Waals surface area contributed by atoms with Gasteiger partial charge in [-0.25, -0.2) is 0 Å². The fourth-order valence-electron chi connectivity index (χ4n) is 3.30. The van der Waals surface area contributed by atoms with E-state index in [4.69, 9.17) is 14.6 Å². The minimum atomic E-state index is -0.767. The van der Waals surface area contributed by atoms with Crippen molar-refractivity contribution in [2.75, 3.05) is 27.3 Å². The maximum absolute atomic E-state index is 12.5. The number of hydrogen-bond acceptors (Lipinski definition) is 4. The molecule has 138 valence electrons. The number of amides is 1. The highest BCUT2D eigenvalue weighted by atomic mass is 16.5. The first-order chi connectivity index (χ1) is 12.0. The second-order valence-corrected chi connectivity index (χ2v) is 6.47. The van der Waals surface area contributed by atoms with Gasteiger partial charge in [0.15, 0.2) is 11.5 Å². The molecule has 1 aromatic carbocycles. The molecule has 0 aromatic heterocycles. The van der Waals surface area contributed by atoms with Crippen LogP contribution in [0.3, 0.4) is 0 Å². The number of carbonyl (C=O) groups is 2. The molecule has 1 aliphatic heterocycles. The van der Waals surface area contributed by atoms with Crippen LogP contribution in [0.5, 0.6) is 11.5 Å². The summed E-state index contributed by atoms with van der Waals surface area (Å²) >= 11 is 0. The van der Waals surface area contributed by atoms with Gasteiger partial charge >= 0.3 is 5.97 Å². The summed E-state index contributed by atoms with van der Waals surface area (Å²) in [7, 11) is 3.19. The van der Waals surface area contributed by atoms with Crippen LogP contribution in [0.2, 0.25) is 0 Å². The van der Waals surface area contributed by atoms with Gasteiger partial charge in [-0.05, 0) is 49.3 Å². The number of nitrogens with zero attached hydrogens (tertiary/aromatic N) is 1. The predicted molar refractivity (Wildman–Crippen MR) is 94.0 cm³/mol. The van der Waals surface area contributed by atoms with Gasteiger partial charge in [0.05, 0.1) is 14.2 Å². The zero-order chi connectivity index (χ0) is 18.2. The largest absolute Gasteiger partial charge is 0.493 e. The minimum absolute atomic E-state index is 0.134. The molecular formula is C19H27NO5. The average Bonchev–Trinajstić information content (AvgIpc) is 2.64. The molecule has 0 radical (unpaired) electrons. The van der Waals surface area contributed by atoms with Crippen LogP contribution in [-0.4, -0.2) is 49.2 Å². The Kier molecular flexibility index (Phi) is 7.10. The van der Waals surface area contributed by atoms with Crippen LogP contribution in [0.1, 0.15) is 37.7 Å². The maximum atomic E-state index is 12.5. The fraction of sp³-hybridized carbons (Fsp3) is 0.579. The lowest BCUT2D eigenvalue weighted by Crippen LogP contribution is -2.40. The molecule has 1 amide bonds. The van der Waals surface area contributed by atoms with Crippen molar-refractivity contribution in [3.63, 3.8) is 0 Å². The first-order valence-corrected chi connectivity index (χ1v) is 8.74. The highest BCUT2D eigenvalue weighted by Gasteiger charge is 2.23.